The highest BCUT2D eigenvalue weighted by Crippen LogP contribution is 2.27. The molecule has 0 amide bonds. The Morgan fingerprint density at radius 1 is 1.24 bits per heavy atom. The molecule has 4 heteroatoms. The molecule has 1 heterocycles. The first-order chi connectivity index (χ1) is 8.19. The monoisotopic (exact) mass is 241 g/mol. The summed E-state index contributed by atoms with van der Waals surface area (Å²) in [5.41, 5.74) is 2.70. The van der Waals surface area contributed by atoms with Crippen LogP contribution in [0, 0.1) is 25.2 Å². The zero-order chi connectivity index (χ0) is 12.3. The van der Waals surface area contributed by atoms with Gasteiger partial charge in [-0.3, -0.25) is 0 Å². The Kier molecular flexibility index (Phi) is 3.40. The van der Waals surface area contributed by atoms with E-state index in [1.54, 1.807) is 6.20 Å². The van der Waals surface area contributed by atoms with Crippen molar-refractivity contribution in [2.75, 3.05) is 0 Å². The molecular weight excluding hydrogens is 230 g/mol. The van der Waals surface area contributed by atoms with Crippen molar-refractivity contribution >= 4 is 11.8 Å². The summed E-state index contributed by atoms with van der Waals surface area (Å²) < 4.78 is 0. The third-order valence-electron chi connectivity index (χ3n) is 2.28. The lowest BCUT2D eigenvalue weighted by atomic mass is 10.2. The maximum atomic E-state index is 8.80. The maximum absolute atomic E-state index is 8.80. The highest BCUT2D eigenvalue weighted by molar-refractivity contribution is 7.99. The minimum absolute atomic E-state index is 0.678. The Morgan fingerprint density at radius 2 is 2.06 bits per heavy atom. The lowest BCUT2D eigenvalue weighted by molar-refractivity contribution is 0.931. The average molecular weight is 241 g/mol. The summed E-state index contributed by atoms with van der Waals surface area (Å²) in [5, 5.41) is 9.53. The minimum Gasteiger partial charge on any atom is -0.231 e. The lowest BCUT2D eigenvalue weighted by Crippen LogP contribution is -1.89. The van der Waals surface area contributed by atoms with Crippen LogP contribution in [0.25, 0.3) is 0 Å². The average Bonchev–Trinajstić information content (AvgIpc) is 2.32. The molecule has 0 spiro atoms. The Labute approximate surface area is 105 Å². The Hall–Kier alpha value is -1.86. The Balaban J connectivity index is 2.28. The van der Waals surface area contributed by atoms with Gasteiger partial charge in [0.25, 0.3) is 0 Å². The molecule has 0 bridgehead atoms. The van der Waals surface area contributed by atoms with Crippen LogP contribution >= 0.6 is 11.8 Å². The van der Waals surface area contributed by atoms with E-state index in [1.807, 2.05) is 38.1 Å². The molecule has 0 aliphatic heterocycles. The van der Waals surface area contributed by atoms with Crippen LogP contribution in [-0.4, -0.2) is 9.97 Å². The molecule has 0 aliphatic rings. The van der Waals surface area contributed by atoms with Crippen molar-refractivity contribution in [2.24, 2.45) is 0 Å². The van der Waals surface area contributed by atoms with Crippen molar-refractivity contribution in [3.8, 4) is 6.07 Å². The van der Waals surface area contributed by atoms with Gasteiger partial charge in [0.15, 0.2) is 5.16 Å². The molecule has 84 valence electrons. The zero-order valence-corrected chi connectivity index (χ0v) is 10.5. The van der Waals surface area contributed by atoms with Crippen LogP contribution in [0.3, 0.4) is 0 Å². The summed E-state index contributed by atoms with van der Waals surface area (Å²) >= 11 is 1.52. The first kappa shape index (κ1) is 11.6. The fourth-order valence-electron chi connectivity index (χ4n) is 1.41. The number of aromatic nitrogens is 2. The van der Waals surface area contributed by atoms with E-state index < -0.39 is 0 Å². The van der Waals surface area contributed by atoms with Gasteiger partial charge in [-0.2, -0.15) is 5.26 Å². The summed E-state index contributed by atoms with van der Waals surface area (Å²) in [6, 6.07) is 9.62. The van der Waals surface area contributed by atoms with Gasteiger partial charge < -0.3 is 0 Å². The van der Waals surface area contributed by atoms with Crippen molar-refractivity contribution in [2.45, 2.75) is 23.9 Å². The van der Waals surface area contributed by atoms with Gasteiger partial charge in [0.2, 0.25) is 0 Å². The molecule has 2 rings (SSSR count). The number of rotatable bonds is 2. The summed E-state index contributed by atoms with van der Waals surface area (Å²) in [6.45, 7) is 3.93. The van der Waals surface area contributed by atoms with Crippen LogP contribution in [0.5, 0.6) is 0 Å². The van der Waals surface area contributed by atoms with Gasteiger partial charge in [-0.1, -0.05) is 0 Å². The first-order valence-electron chi connectivity index (χ1n) is 5.17. The third-order valence-corrected chi connectivity index (χ3v) is 3.34. The molecule has 3 nitrogen and oxygen atoms in total. The standard InChI is InChI=1S/C13H11N3S/c1-9-7-11(8-14)3-4-12(9)17-13-15-6-5-10(2)16-13/h3-7H,1-2H3. The fraction of sp³-hybridized carbons (Fsp3) is 0.154. The fourth-order valence-corrected chi connectivity index (χ4v) is 2.26. The molecule has 0 N–H and O–H groups in total. The quantitative estimate of drug-likeness (QED) is 0.758. The van der Waals surface area contributed by atoms with E-state index in [-0.39, 0.29) is 0 Å². The van der Waals surface area contributed by atoms with Crippen molar-refractivity contribution in [3.63, 3.8) is 0 Å². The van der Waals surface area contributed by atoms with Crippen molar-refractivity contribution in [1.29, 1.82) is 5.26 Å². The number of benzene rings is 1. The van der Waals surface area contributed by atoms with Crippen molar-refractivity contribution < 1.29 is 0 Å². The summed E-state index contributed by atoms with van der Waals surface area (Å²) in [5.74, 6) is 0. The lowest BCUT2D eigenvalue weighted by Gasteiger charge is -2.04. The van der Waals surface area contributed by atoms with Gasteiger partial charge in [0, 0.05) is 16.8 Å². The van der Waals surface area contributed by atoms with Crippen LogP contribution in [-0.2, 0) is 0 Å². The molecule has 17 heavy (non-hydrogen) atoms. The van der Waals surface area contributed by atoms with Gasteiger partial charge in [-0.15, -0.1) is 0 Å². The number of aryl methyl sites for hydroxylation is 2. The van der Waals surface area contributed by atoms with E-state index in [0.29, 0.717) is 5.56 Å². The number of nitriles is 1. The second kappa shape index (κ2) is 4.98. The Bertz CT molecular complexity index is 587. The first-order valence-corrected chi connectivity index (χ1v) is 5.99. The Morgan fingerprint density at radius 3 is 2.71 bits per heavy atom. The molecule has 1 aromatic carbocycles. The van der Waals surface area contributed by atoms with Crippen LogP contribution in [0.4, 0.5) is 0 Å². The predicted octanol–water partition coefficient (Wildman–Crippen LogP) is 3.12. The van der Waals surface area contributed by atoms with Crippen LogP contribution < -0.4 is 0 Å². The smallest absolute Gasteiger partial charge is 0.192 e. The molecule has 0 saturated heterocycles. The SMILES string of the molecule is Cc1ccnc(Sc2ccc(C#N)cc2C)n1. The minimum atomic E-state index is 0.678. The van der Waals surface area contributed by atoms with E-state index in [0.717, 1.165) is 21.3 Å². The van der Waals surface area contributed by atoms with Crippen LogP contribution in [0.15, 0.2) is 40.5 Å². The second-order valence-corrected chi connectivity index (χ2v) is 4.68. The van der Waals surface area contributed by atoms with Gasteiger partial charge in [0.1, 0.15) is 0 Å². The van der Waals surface area contributed by atoms with Crippen LogP contribution in [0.1, 0.15) is 16.8 Å². The van der Waals surface area contributed by atoms with E-state index in [9.17, 15) is 0 Å². The molecule has 0 fully saturated rings. The van der Waals surface area contributed by atoms with Gasteiger partial charge in [0.05, 0.1) is 11.6 Å². The van der Waals surface area contributed by atoms with E-state index in [4.69, 9.17) is 5.26 Å². The van der Waals surface area contributed by atoms with Crippen LogP contribution in [0.2, 0.25) is 0 Å². The summed E-state index contributed by atoms with van der Waals surface area (Å²) in [6.07, 6.45) is 1.75. The molecule has 0 aliphatic carbocycles. The highest BCUT2D eigenvalue weighted by atomic mass is 32.2. The van der Waals surface area contributed by atoms with Crippen molar-refractivity contribution in [1.82, 2.24) is 9.97 Å². The van der Waals surface area contributed by atoms with Gasteiger partial charge in [-0.05, 0) is 55.4 Å². The summed E-state index contributed by atoms with van der Waals surface area (Å²) in [7, 11) is 0. The number of hydrogen-bond acceptors (Lipinski definition) is 4. The third kappa shape index (κ3) is 2.83. The zero-order valence-electron chi connectivity index (χ0n) is 9.64. The van der Waals surface area contributed by atoms with Gasteiger partial charge in [-0.25, -0.2) is 9.97 Å². The summed E-state index contributed by atoms with van der Waals surface area (Å²) in [4.78, 5) is 9.62. The molecule has 0 saturated carbocycles. The molecule has 2 aromatic rings. The molecular formula is C13H11N3S. The van der Waals surface area contributed by atoms with E-state index >= 15 is 0 Å². The van der Waals surface area contributed by atoms with E-state index in [2.05, 4.69) is 16.0 Å². The second-order valence-electron chi connectivity index (χ2n) is 3.67. The molecule has 1 aromatic heterocycles. The number of nitrogens with zero attached hydrogens (tertiary/aromatic N) is 3. The topological polar surface area (TPSA) is 49.6 Å². The highest BCUT2D eigenvalue weighted by Gasteiger charge is 2.04. The van der Waals surface area contributed by atoms with E-state index in [1.165, 1.54) is 11.8 Å². The normalized spacial score (nSPS) is 9.94. The molecule has 0 atom stereocenters. The molecule has 0 radical (unpaired) electrons. The van der Waals surface area contributed by atoms with Crippen molar-refractivity contribution in [3.05, 3.63) is 47.3 Å². The predicted molar refractivity (Wildman–Crippen MR) is 66.8 cm³/mol. The number of hydrogen-bond donors (Lipinski definition) is 0. The maximum Gasteiger partial charge on any atom is 0.192 e. The van der Waals surface area contributed by atoms with Gasteiger partial charge >= 0.3 is 0 Å². The largest absolute Gasteiger partial charge is 0.231 e. The molecule has 0 unspecified atom stereocenters.